The van der Waals surface area contributed by atoms with E-state index in [0.29, 0.717) is 6.42 Å². The summed E-state index contributed by atoms with van der Waals surface area (Å²) in [4.78, 5) is 22.3. The summed E-state index contributed by atoms with van der Waals surface area (Å²) in [5.74, 6) is -0.283. The van der Waals surface area contributed by atoms with Crippen molar-refractivity contribution in [2.75, 3.05) is 26.4 Å². The minimum absolute atomic E-state index is 0.0574. The summed E-state index contributed by atoms with van der Waals surface area (Å²) < 4.78 is 33.3. The van der Waals surface area contributed by atoms with Crippen LogP contribution in [0, 0.1) is 0 Å². The number of ether oxygens (including phenoxy) is 2. The Balaban J connectivity index is 3.94. The molecular formula is C47H94NO7P. The lowest BCUT2D eigenvalue weighted by molar-refractivity contribution is -0.147. The molecule has 3 N–H and O–H groups in total. The third kappa shape index (κ3) is 44.2. The van der Waals surface area contributed by atoms with E-state index in [1.165, 1.54) is 199 Å². The fourth-order valence-electron chi connectivity index (χ4n) is 7.16. The highest BCUT2D eigenvalue weighted by atomic mass is 31.2. The van der Waals surface area contributed by atoms with E-state index in [1.807, 2.05) is 6.08 Å². The smallest absolute Gasteiger partial charge is 0.472 e. The second kappa shape index (κ2) is 45.2. The summed E-state index contributed by atoms with van der Waals surface area (Å²) >= 11 is 0. The summed E-state index contributed by atoms with van der Waals surface area (Å²) in [5.41, 5.74) is 5.38. The Bertz CT molecular complexity index is 873. The molecule has 0 aliphatic rings. The summed E-state index contributed by atoms with van der Waals surface area (Å²) in [6.07, 6.45) is 50.6. The molecule has 0 radical (unpaired) electrons. The number of phosphoric acid groups is 1. The predicted molar refractivity (Wildman–Crippen MR) is 238 cm³/mol. The van der Waals surface area contributed by atoms with Gasteiger partial charge < -0.3 is 20.1 Å². The molecule has 0 aromatic carbocycles. The molecule has 0 aromatic heterocycles. The van der Waals surface area contributed by atoms with E-state index in [0.717, 1.165) is 32.1 Å². The first kappa shape index (κ1) is 55.1. The van der Waals surface area contributed by atoms with Crippen LogP contribution in [0.2, 0.25) is 0 Å². The van der Waals surface area contributed by atoms with Gasteiger partial charge in [0.05, 0.1) is 19.5 Å². The molecule has 334 valence electrons. The molecule has 56 heavy (non-hydrogen) atoms. The number of carbonyl (C=O) groups excluding carboxylic acids is 1. The van der Waals surface area contributed by atoms with Gasteiger partial charge in [-0.3, -0.25) is 13.8 Å². The van der Waals surface area contributed by atoms with Crippen molar-refractivity contribution in [1.82, 2.24) is 0 Å². The normalized spacial score (nSPS) is 13.4. The SMILES string of the molecule is CCCCCCCCCCCCCCCC/C=C\O[C@H](COC(=O)CCCCCCCCCCCCCCCCCCCCCCC)COP(=O)(O)OCCN. The lowest BCUT2D eigenvalue weighted by Crippen LogP contribution is -2.25. The number of hydrogen-bond donors (Lipinski definition) is 2. The molecule has 0 aromatic rings. The van der Waals surface area contributed by atoms with Crippen molar-refractivity contribution < 1.29 is 32.8 Å². The summed E-state index contributed by atoms with van der Waals surface area (Å²) in [6.45, 7) is 4.27. The molecule has 9 heteroatoms. The van der Waals surface area contributed by atoms with Gasteiger partial charge in [-0.05, 0) is 25.3 Å². The van der Waals surface area contributed by atoms with Gasteiger partial charge in [0.25, 0.3) is 0 Å². The fourth-order valence-corrected chi connectivity index (χ4v) is 7.93. The van der Waals surface area contributed by atoms with Crippen LogP contribution in [0.1, 0.15) is 251 Å². The Morgan fingerprint density at radius 2 is 0.893 bits per heavy atom. The molecule has 8 nitrogen and oxygen atoms in total. The van der Waals surface area contributed by atoms with E-state index in [4.69, 9.17) is 24.3 Å². The maximum absolute atomic E-state index is 12.4. The van der Waals surface area contributed by atoms with Crippen LogP contribution in [0.15, 0.2) is 12.3 Å². The first-order valence-corrected chi connectivity index (χ1v) is 25.7. The molecule has 0 saturated carbocycles. The first-order chi connectivity index (χ1) is 27.4. The maximum atomic E-state index is 12.4. The Morgan fingerprint density at radius 1 is 0.536 bits per heavy atom. The average Bonchev–Trinajstić information content (AvgIpc) is 3.19. The fraction of sp³-hybridized carbons (Fsp3) is 0.936. The van der Waals surface area contributed by atoms with Crippen LogP contribution >= 0.6 is 7.82 Å². The Kier molecular flexibility index (Phi) is 44.4. The topological polar surface area (TPSA) is 117 Å². The molecule has 0 saturated heterocycles. The van der Waals surface area contributed by atoms with E-state index in [1.54, 1.807) is 6.26 Å². The minimum Gasteiger partial charge on any atom is -0.492 e. The van der Waals surface area contributed by atoms with E-state index < -0.39 is 13.9 Å². The van der Waals surface area contributed by atoms with Crippen molar-refractivity contribution in [1.29, 1.82) is 0 Å². The van der Waals surface area contributed by atoms with Gasteiger partial charge in [-0.1, -0.05) is 226 Å². The van der Waals surface area contributed by atoms with Gasteiger partial charge in [0, 0.05) is 13.0 Å². The van der Waals surface area contributed by atoms with Crippen LogP contribution < -0.4 is 5.73 Å². The zero-order valence-corrected chi connectivity index (χ0v) is 38.0. The molecular weight excluding hydrogens is 721 g/mol. The minimum atomic E-state index is -4.26. The molecule has 0 bridgehead atoms. The number of phosphoric ester groups is 1. The maximum Gasteiger partial charge on any atom is 0.472 e. The Morgan fingerprint density at radius 3 is 1.27 bits per heavy atom. The van der Waals surface area contributed by atoms with Crippen LogP contribution in [0.25, 0.3) is 0 Å². The van der Waals surface area contributed by atoms with E-state index in [2.05, 4.69) is 13.8 Å². The number of hydrogen-bond acceptors (Lipinski definition) is 7. The molecule has 1 unspecified atom stereocenters. The van der Waals surface area contributed by atoms with Gasteiger partial charge in [0.1, 0.15) is 6.61 Å². The molecule has 0 fully saturated rings. The van der Waals surface area contributed by atoms with Gasteiger partial charge in [-0.2, -0.15) is 0 Å². The van der Waals surface area contributed by atoms with Crippen molar-refractivity contribution in [3.05, 3.63) is 12.3 Å². The van der Waals surface area contributed by atoms with Crippen LogP contribution in [0.4, 0.5) is 0 Å². The zero-order valence-electron chi connectivity index (χ0n) is 37.1. The summed E-state index contributed by atoms with van der Waals surface area (Å²) in [6, 6.07) is 0. The Hall–Kier alpha value is -0.920. The van der Waals surface area contributed by atoms with Crippen LogP contribution in [0.3, 0.4) is 0 Å². The molecule has 0 rings (SSSR count). The van der Waals surface area contributed by atoms with Crippen molar-refractivity contribution >= 4 is 13.8 Å². The molecule has 0 aliphatic heterocycles. The number of rotatable bonds is 47. The molecule has 0 amide bonds. The highest BCUT2D eigenvalue weighted by molar-refractivity contribution is 7.47. The van der Waals surface area contributed by atoms with Crippen molar-refractivity contribution in [3.63, 3.8) is 0 Å². The van der Waals surface area contributed by atoms with Gasteiger partial charge in [0.15, 0.2) is 6.10 Å². The van der Waals surface area contributed by atoms with Gasteiger partial charge in [-0.15, -0.1) is 0 Å². The molecule has 0 spiro atoms. The van der Waals surface area contributed by atoms with E-state index in [-0.39, 0.29) is 32.3 Å². The lowest BCUT2D eigenvalue weighted by atomic mass is 10.0. The standard InChI is InChI=1S/C47H94NO7P/c1-3-5-7-9-11-13-15-17-19-21-22-23-24-25-26-28-30-32-34-36-38-40-47(49)53-44-46(45-55-56(50,51)54-43-41-48)52-42-39-37-35-33-31-29-27-20-18-16-14-12-10-8-6-4-2/h39,42,46H,3-38,40-41,43-45,48H2,1-2H3,(H,50,51)/b42-39-/t46-/m1/s1. The number of nitrogens with two attached hydrogens (primary N) is 1. The van der Waals surface area contributed by atoms with Crippen molar-refractivity contribution in [3.8, 4) is 0 Å². The van der Waals surface area contributed by atoms with Crippen LogP contribution in [-0.4, -0.2) is 43.3 Å². The molecule has 0 aliphatic carbocycles. The van der Waals surface area contributed by atoms with Crippen LogP contribution in [-0.2, 0) is 27.9 Å². The Labute approximate surface area is 347 Å². The number of carbonyl (C=O) groups is 1. The van der Waals surface area contributed by atoms with Crippen molar-refractivity contribution in [2.45, 2.75) is 258 Å². The van der Waals surface area contributed by atoms with Crippen molar-refractivity contribution in [2.24, 2.45) is 5.73 Å². The van der Waals surface area contributed by atoms with Gasteiger partial charge >= 0.3 is 13.8 Å². The second-order valence-electron chi connectivity index (χ2n) is 16.4. The largest absolute Gasteiger partial charge is 0.492 e. The summed E-state index contributed by atoms with van der Waals surface area (Å²) in [7, 11) is -4.26. The van der Waals surface area contributed by atoms with Gasteiger partial charge in [-0.25, -0.2) is 4.57 Å². The third-order valence-corrected chi connectivity index (χ3v) is 11.8. The first-order valence-electron chi connectivity index (χ1n) is 24.2. The quantitative estimate of drug-likeness (QED) is 0.0270. The monoisotopic (exact) mass is 816 g/mol. The highest BCUT2D eigenvalue weighted by Crippen LogP contribution is 2.43. The number of unbranched alkanes of at least 4 members (excludes halogenated alkanes) is 34. The zero-order chi connectivity index (χ0) is 40.9. The number of esters is 1. The van der Waals surface area contributed by atoms with Crippen LogP contribution in [0.5, 0.6) is 0 Å². The second-order valence-corrected chi connectivity index (χ2v) is 17.9. The predicted octanol–water partition coefficient (Wildman–Crippen LogP) is 15.0. The number of allylic oxidation sites excluding steroid dienone is 1. The lowest BCUT2D eigenvalue weighted by Gasteiger charge is -2.19. The highest BCUT2D eigenvalue weighted by Gasteiger charge is 2.24. The van der Waals surface area contributed by atoms with Gasteiger partial charge in [0.2, 0.25) is 0 Å². The molecule has 0 heterocycles. The summed E-state index contributed by atoms with van der Waals surface area (Å²) in [5, 5.41) is 0. The average molecular weight is 816 g/mol. The van der Waals surface area contributed by atoms with E-state index >= 15 is 0 Å². The third-order valence-electron chi connectivity index (χ3n) is 10.8. The van der Waals surface area contributed by atoms with E-state index in [9.17, 15) is 14.3 Å². The molecule has 2 atom stereocenters.